The lowest BCUT2D eigenvalue weighted by Crippen LogP contribution is -2.43. The van der Waals surface area contributed by atoms with Crippen molar-refractivity contribution in [2.75, 3.05) is 26.3 Å². The van der Waals surface area contributed by atoms with Crippen LogP contribution in [-0.4, -0.2) is 37.1 Å². The first kappa shape index (κ1) is 14.5. The molecule has 0 saturated carbocycles. The van der Waals surface area contributed by atoms with Gasteiger partial charge in [-0.15, -0.1) is 0 Å². The van der Waals surface area contributed by atoms with Crippen LogP contribution in [0.1, 0.15) is 52.4 Å². The third kappa shape index (κ3) is 5.07. The highest BCUT2D eigenvalue weighted by Gasteiger charge is 2.23. The minimum absolute atomic E-state index is 0.241. The van der Waals surface area contributed by atoms with Crippen molar-refractivity contribution in [3.05, 3.63) is 0 Å². The van der Waals surface area contributed by atoms with Gasteiger partial charge in [0.2, 0.25) is 5.91 Å². The van der Waals surface area contributed by atoms with Crippen molar-refractivity contribution >= 4 is 5.91 Å². The van der Waals surface area contributed by atoms with Crippen LogP contribution in [0.3, 0.4) is 0 Å². The molecule has 0 aromatic rings. The molecule has 1 aliphatic heterocycles. The fourth-order valence-corrected chi connectivity index (χ4v) is 2.36. The molecule has 1 heterocycles. The monoisotopic (exact) mass is 241 g/mol. The Morgan fingerprint density at radius 1 is 1.18 bits per heavy atom. The van der Waals surface area contributed by atoms with Gasteiger partial charge in [-0.3, -0.25) is 4.79 Å². The van der Waals surface area contributed by atoms with Crippen LogP contribution in [0.2, 0.25) is 0 Å². The van der Waals surface area contributed by atoms with Crippen LogP contribution in [0.5, 0.6) is 0 Å². The van der Waals surface area contributed by atoms with E-state index < -0.39 is 0 Å². The molecule has 1 fully saturated rings. The second-order valence-electron chi connectivity index (χ2n) is 4.89. The fraction of sp³-hybridized carbons (Fsp3) is 0.929. The molecule has 100 valence electrons. The van der Waals surface area contributed by atoms with E-state index in [4.69, 9.17) is 4.74 Å². The largest absolute Gasteiger partial charge is 0.378 e. The number of carbonyl (C=O) groups excluding carboxylic acids is 1. The van der Waals surface area contributed by atoms with Crippen molar-refractivity contribution in [2.24, 2.45) is 5.92 Å². The van der Waals surface area contributed by atoms with E-state index in [9.17, 15) is 4.79 Å². The number of morpholine rings is 1. The SMILES string of the molecule is CCCCCCC(CC)C(=O)N1CCOCC1. The first-order valence-corrected chi connectivity index (χ1v) is 7.16. The van der Waals surface area contributed by atoms with Gasteiger partial charge in [0.05, 0.1) is 13.2 Å². The summed E-state index contributed by atoms with van der Waals surface area (Å²) in [5.41, 5.74) is 0. The van der Waals surface area contributed by atoms with Crippen LogP contribution in [0, 0.1) is 5.92 Å². The number of carbonyl (C=O) groups is 1. The van der Waals surface area contributed by atoms with Gasteiger partial charge in [0.15, 0.2) is 0 Å². The average Bonchev–Trinajstić information content (AvgIpc) is 2.39. The molecule has 1 aliphatic rings. The van der Waals surface area contributed by atoms with Gasteiger partial charge in [0.1, 0.15) is 0 Å². The molecule has 0 aliphatic carbocycles. The summed E-state index contributed by atoms with van der Waals surface area (Å²) in [5.74, 6) is 0.595. The summed E-state index contributed by atoms with van der Waals surface area (Å²) in [6, 6.07) is 0. The molecule has 1 unspecified atom stereocenters. The van der Waals surface area contributed by atoms with E-state index in [0.29, 0.717) is 19.1 Å². The van der Waals surface area contributed by atoms with E-state index in [1.54, 1.807) is 0 Å². The summed E-state index contributed by atoms with van der Waals surface area (Å²) in [4.78, 5) is 14.2. The normalized spacial score (nSPS) is 18.1. The first-order chi connectivity index (χ1) is 8.29. The summed E-state index contributed by atoms with van der Waals surface area (Å²) < 4.78 is 5.28. The molecular weight excluding hydrogens is 214 g/mol. The van der Waals surface area contributed by atoms with Crippen LogP contribution in [0.15, 0.2) is 0 Å². The zero-order valence-corrected chi connectivity index (χ0v) is 11.4. The maximum absolute atomic E-state index is 12.3. The Morgan fingerprint density at radius 2 is 1.88 bits per heavy atom. The van der Waals surface area contributed by atoms with Crippen LogP contribution in [0.25, 0.3) is 0 Å². The molecule has 0 aromatic carbocycles. The van der Waals surface area contributed by atoms with Gasteiger partial charge in [0, 0.05) is 19.0 Å². The van der Waals surface area contributed by atoms with E-state index in [1.807, 2.05) is 4.90 Å². The summed E-state index contributed by atoms with van der Waals surface area (Å²) >= 11 is 0. The molecule has 0 bridgehead atoms. The van der Waals surface area contributed by atoms with E-state index in [0.717, 1.165) is 25.9 Å². The van der Waals surface area contributed by atoms with Crippen molar-refractivity contribution in [3.63, 3.8) is 0 Å². The predicted molar refractivity (Wildman–Crippen MR) is 69.9 cm³/mol. The third-order valence-electron chi connectivity index (χ3n) is 3.57. The highest BCUT2D eigenvalue weighted by atomic mass is 16.5. The molecule has 3 heteroatoms. The van der Waals surface area contributed by atoms with E-state index >= 15 is 0 Å². The van der Waals surface area contributed by atoms with Gasteiger partial charge in [0.25, 0.3) is 0 Å². The topological polar surface area (TPSA) is 29.5 Å². The van der Waals surface area contributed by atoms with Crippen molar-refractivity contribution in [1.82, 2.24) is 4.90 Å². The summed E-state index contributed by atoms with van der Waals surface area (Å²) in [5, 5.41) is 0. The minimum atomic E-state index is 0.241. The number of nitrogens with zero attached hydrogens (tertiary/aromatic N) is 1. The molecule has 1 atom stereocenters. The van der Waals surface area contributed by atoms with Crippen LogP contribution in [-0.2, 0) is 9.53 Å². The lowest BCUT2D eigenvalue weighted by Gasteiger charge is -2.30. The molecule has 0 radical (unpaired) electrons. The zero-order valence-electron chi connectivity index (χ0n) is 11.4. The number of unbranched alkanes of at least 4 members (excludes halogenated alkanes) is 3. The molecular formula is C14H27NO2. The van der Waals surface area contributed by atoms with Gasteiger partial charge in [-0.1, -0.05) is 39.5 Å². The Kier molecular flexibility index (Phi) is 7.25. The summed E-state index contributed by atoms with van der Waals surface area (Å²) in [6.45, 7) is 7.32. The Labute approximate surface area is 106 Å². The molecule has 0 spiro atoms. The van der Waals surface area contributed by atoms with E-state index in [-0.39, 0.29) is 5.92 Å². The maximum Gasteiger partial charge on any atom is 0.225 e. The Morgan fingerprint density at radius 3 is 2.47 bits per heavy atom. The van der Waals surface area contributed by atoms with Crippen LogP contribution in [0.4, 0.5) is 0 Å². The Hall–Kier alpha value is -0.570. The number of ether oxygens (including phenoxy) is 1. The van der Waals surface area contributed by atoms with Gasteiger partial charge in [-0.25, -0.2) is 0 Å². The van der Waals surface area contributed by atoms with Crippen molar-refractivity contribution in [2.45, 2.75) is 52.4 Å². The fourth-order valence-electron chi connectivity index (χ4n) is 2.36. The van der Waals surface area contributed by atoms with Gasteiger partial charge in [-0.05, 0) is 12.8 Å². The number of hydrogen-bond acceptors (Lipinski definition) is 2. The average molecular weight is 241 g/mol. The molecule has 1 rings (SSSR count). The summed E-state index contributed by atoms with van der Waals surface area (Å²) in [6.07, 6.45) is 7.05. The molecule has 17 heavy (non-hydrogen) atoms. The molecule has 0 aromatic heterocycles. The lowest BCUT2D eigenvalue weighted by molar-refractivity contribution is -0.140. The zero-order chi connectivity index (χ0) is 12.5. The minimum Gasteiger partial charge on any atom is -0.378 e. The quantitative estimate of drug-likeness (QED) is 0.641. The van der Waals surface area contributed by atoms with Gasteiger partial charge in [-0.2, -0.15) is 0 Å². The molecule has 1 amide bonds. The highest BCUT2D eigenvalue weighted by Crippen LogP contribution is 2.17. The molecule has 3 nitrogen and oxygen atoms in total. The number of rotatable bonds is 7. The van der Waals surface area contributed by atoms with E-state index in [2.05, 4.69) is 13.8 Å². The standard InChI is InChI=1S/C14H27NO2/c1-3-5-6-7-8-13(4-2)14(16)15-9-11-17-12-10-15/h13H,3-12H2,1-2H3. The third-order valence-corrected chi connectivity index (χ3v) is 3.57. The predicted octanol–water partition coefficient (Wildman–Crippen LogP) is 2.84. The van der Waals surface area contributed by atoms with Gasteiger partial charge < -0.3 is 9.64 Å². The van der Waals surface area contributed by atoms with Gasteiger partial charge >= 0.3 is 0 Å². The lowest BCUT2D eigenvalue weighted by atomic mass is 9.96. The maximum atomic E-state index is 12.3. The Bertz CT molecular complexity index is 212. The van der Waals surface area contributed by atoms with Crippen molar-refractivity contribution < 1.29 is 9.53 Å². The summed E-state index contributed by atoms with van der Waals surface area (Å²) in [7, 11) is 0. The first-order valence-electron chi connectivity index (χ1n) is 7.16. The highest BCUT2D eigenvalue weighted by molar-refractivity contribution is 5.78. The van der Waals surface area contributed by atoms with Crippen LogP contribution >= 0.6 is 0 Å². The van der Waals surface area contributed by atoms with Crippen molar-refractivity contribution in [1.29, 1.82) is 0 Å². The van der Waals surface area contributed by atoms with Crippen LogP contribution < -0.4 is 0 Å². The molecule has 1 saturated heterocycles. The van der Waals surface area contributed by atoms with Crippen molar-refractivity contribution in [3.8, 4) is 0 Å². The molecule has 0 N–H and O–H groups in total. The second-order valence-corrected chi connectivity index (χ2v) is 4.89. The smallest absolute Gasteiger partial charge is 0.225 e. The second kappa shape index (κ2) is 8.51. The van der Waals surface area contributed by atoms with E-state index in [1.165, 1.54) is 25.7 Å². The number of amides is 1. The number of hydrogen-bond donors (Lipinski definition) is 0. The Balaban J connectivity index is 2.29.